The number of benzene rings is 2. The molecule has 0 unspecified atom stereocenters. The Kier molecular flexibility index (Phi) is 5.95. The summed E-state index contributed by atoms with van der Waals surface area (Å²) in [5.41, 5.74) is 2.68. The van der Waals surface area contributed by atoms with Crippen molar-refractivity contribution in [3.05, 3.63) is 65.7 Å². The first kappa shape index (κ1) is 17.5. The molecule has 0 bridgehead atoms. The maximum atomic E-state index is 12.1. The second-order valence-electron chi connectivity index (χ2n) is 5.81. The quantitative estimate of drug-likeness (QED) is 0.820. The molecule has 0 fully saturated rings. The van der Waals surface area contributed by atoms with Gasteiger partial charge in [-0.3, -0.25) is 4.79 Å². The second kappa shape index (κ2) is 8.15. The third-order valence-corrected chi connectivity index (χ3v) is 3.75. The highest BCUT2D eigenvalue weighted by Gasteiger charge is 2.21. The first-order valence-corrected chi connectivity index (χ1v) is 7.81. The van der Waals surface area contributed by atoms with Crippen molar-refractivity contribution < 1.29 is 14.7 Å². The predicted octanol–water partition coefficient (Wildman–Crippen LogP) is 2.63. The number of carboxylic acids is 1. The van der Waals surface area contributed by atoms with E-state index in [1.807, 2.05) is 49.3 Å². The Morgan fingerprint density at radius 1 is 1.08 bits per heavy atom. The summed E-state index contributed by atoms with van der Waals surface area (Å²) < 4.78 is 0. The number of hydrogen-bond donors (Lipinski definition) is 2. The van der Waals surface area contributed by atoms with Crippen LogP contribution in [0.1, 0.15) is 23.6 Å². The maximum absolute atomic E-state index is 12.1. The van der Waals surface area contributed by atoms with Gasteiger partial charge >= 0.3 is 5.97 Å². The summed E-state index contributed by atoms with van der Waals surface area (Å²) in [6.07, 6.45) is 0.808. The van der Waals surface area contributed by atoms with Crippen LogP contribution in [0, 0.1) is 0 Å². The van der Waals surface area contributed by atoms with E-state index in [1.54, 1.807) is 24.3 Å². The van der Waals surface area contributed by atoms with Gasteiger partial charge in [0.05, 0.1) is 0 Å². The van der Waals surface area contributed by atoms with Crippen molar-refractivity contribution in [3.8, 4) is 0 Å². The summed E-state index contributed by atoms with van der Waals surface area (Å²) in [5.74, 6) is -1.34. The summed E-state index contributed by atoms with van der Waals surface area (Å²) >= 11 is 0. The van der Waals surface area contributed by atoms with Crippen molar-refractivity contribution in [1.29, 1.82) is 0 Å². The maximum Gasteiger partial charge on any atom is 0.330 e. The van der Waals surface area contributed by atoms with Crippen LogP contribution in [0.15, 0.2) is 54.6 Å². The Bertz CT molecular complexity index is 699. The highest BCUT2D eigenvalue weighted by molar-refractivity contribution is 5.84. The Balaban J connectivity index is 1.97. The van der Waals surface area contributed by atoms with E-state index in [0.717, 1.165) is 11.3 Å². The van der Waals surface area contributed by atoms with Crippen molar-refractivity contribution in [3.63, 3.8) is 0 Å². The zero-order valence-corrected chi connectivity index (χ0v) is 13.9. The van der Waals surface area contributed by atoms with E-state index in [4.69, 9.17) is 0 Å². The Hall–Kier alpha value is -2.82. The van der Waals surface area contributed by atoms with Crippen molar-refractivity contribution in [1.82, 2.24) is 5.32 Å². The van der Waals surface area contributed by atoms with E-state index in [9.17, 15) is 14.7 Å². The van der Waals surface area contributed by atoms with Gasteiger partial charge in [-0.15, -0.1) is 0 Å². The first-order valence-electron chi connectivity index (χ1n) is 7.81. The zero-order valence-electron chi connectivity index (χ0n) is 13.9. The molecule has 0 aliphatic carbocycles. The molecule has 0 aliphatic heterocycles. The van der Waals surface area contributed by atoms with Gasteiger partial charge in [0.1, 0.15) is 0 Å². The summed E-state index contributed by atoms with van der Waals surface area (Å²) in [6, 6.07) is 15.6. The number of aryl methyl sites for hydroxylation is 1. The Labute approximate surface area is 141 Å². The standard InChI is InChI=1S/C19H22N2O3/c1-21(2)16-10-6-7-14(13-16)11-12-17(22)20-18(19(23)24)15-8-4-3-5-9-15/h3-10,13,18H,11-12H2,1-2H3,(H,20,22)(H,23,24)/t18-/m0/s1. The van der Waals surface area contributed by atoms with Gasteiger partial charge in [-0.1, -0.05) is 42.5 Å². The van der Waals surface area contributed by atoms with E-state index in [2.05, 4.69) is 5.32 Å². The summed E-state index contributed by atoms with van der Waals surface area (Å²) in [7, 11) is 3.92. The first-order chi connectivity index (χ1) is 11.5. The second-order valence-corrected chi connectivity index (χ2v) is 5.81. The van der Waals surface area contributed by atoms with E-state index < -0.39 is 12.0 Å². The van der Waals surface area contributed by atoms with Crippen molar-refractivity contribution in [2.45, 2.75) is 18.9 Å². The lowest BCUT2D eigenvalue weighted by Crippen LogP contribution is -2.33. The van der Waals surface area contributed by atoms with Gasteiger partial charge in [0, 0.05) is 26.2 Å². The third-order valence-electron chi connectivity index (χ3n) is 3.75. The van der Waals surface area contributed by atoms with Gasteiger partial charge in [-0.2, -0.15) is 0 Å². The fraction of sp³-hybridized carbons (Fsp3) is 0.263. The summed E-state index contributed by atoms with van der Waals surface area (Å²) in [6.45, 7) is 0. The minimum atomic E-state index is -1.07. The molecule has 2 N–H and O–H groups in total. The molecule has 0 aromatic heterocycles. The minimum absolute atomic E-state index is 0.244. The molecule has 0 saturated carbocycles. The van der Waals surface area contributed by atoms with Crippen LogP contribution >= 0.6 is 0 Å². The van der Waals surface area contributed by atoms with E-state index >= 15 is 0 Å². The number of anilines is 1. The molecular formula is C19H22N2O3. The Morgan fingerprint density at radius 2 is 1.79 bits per heavy atom. The van der Waals surface area contributed by atoms with Crippen LogP contribution in [0.25, 0.3) is 0 Å². The molecule has 0 heterocycles. The van der Waals surface area contributed by atoms with Crippen LogP contribution in [0.3, 0.4) is 0 Å². The molecule has 24 heavy (non-hydrogen) atoms. The number of hydrogen-bond acceptors (Lipinski definition) is 3. The van der Waals surface area contributed by atoms with Crippen LogP contribution in [-0.2, 0) is 16.0 Å². The minimum Gasteiger partial charge on any atom is -0.479 e. The van der Waals surface area contributed by atoms with Gasteiger partial charge in [0.2, 0.25) is 5.91 Å². The van der Waals surface area contributed by atoms with Crippen molar-refractivity contribution in [2.24, 2.45) is 0 Å². The lowest BCUT2D eigenvalue weighted by Gasteiger charge is -2.15. The molecule has 0 aliphatic rings. The summed E-state index contributed by atoms with van der Waals surface area (Å²) in [4.78, 5) is 25.5. The van der Waals surface area contributed by atoms with E-state index in [-0.39, 0.29) is 12.3 Å². The number of carbonyl (C=O) groups is 2. The number of amides is 1. The molecule has 0 saturated heterocycles. The molecule has 2 rings (SSSR count). The normalized spacial score (nSPS) is 11.6. The van der Waals surface area contributed by atoms with Gasteiger partial charge in [-0.25, -0.2) is 4.79 Å². The van der Waals surface area contributed by atoms with E-state index in [1.165, 1.54) is 0 Å². The highest BCUT2D eigenvalue weighted by atomic mass is 16.4. The smallest absolute Gasteiger partial charge is 0.330 e. The monoisotopic (exact) mass is 326 g/mol. The fourth-order valence-corrected chi connectivity index (χ4v) is 2.41. The molecule has 1 amide bonds. The van der Waals surface area contributed by atoms with Gasteiger partial charge < -0.3 is 15.3 Å². The van der Waals surface area contributed by atoms with Gasteiger partial charge in [-0.05, 0) is 29.7 Å². The molecule has 2 aromatic rings. The molecule has 2 aromatic carbocycles. The average Bonchev–Trinajstić information content (AvgIpc) is 2.58. The van der Waals surface area contributed by atoms with Crippen LogP contribution in [0.2, 0.25) is 0 Å². The lowest BCUT2D eigenvalue weighted by molar-refractivity contribution is -0.142. The number of nitrogens with zero attached hydrogens (tertiary/aromatic N) is 1. The molecular weight excluding hydrogens is 304 g/mol. The van der Waals surface area contributed by atoms with Crippen LogP contribution < -0.4 is 10.2 Å². The lowest BCUT2D eigenvalue weighted by atomic mass is 10.1. The van der Waals surface area contributed by atoms with E-state index in [0.29, 0.717) is 12.0 Å². The summed E-state index contributed by atoms with van der Waals surface area (Å²) in [5, 5.41) is 11.9. The molecule has 126 valence electrons. The number of nitrogens with one attached hydrogen (secondary N) is 1. The molecule has 0 spiro atoms. The van der Waals surface area contributed by atoms with Gasteiger partial charge in [0.15, 0.2) is 6.04 Å². The number of carboxylic acid groups (broad SMARTS) is 1. The topological polar surface area (TPSA) is 69.6 Å². The predicted molar refractivity (Wildman–Crippen MR) is 94.1 cm³/mol. The molecule has 1 atom stereocenters. The number of aliphatic carboxylic acids is 1. The fourth-order valence-electron chi connectivity index (χ4n) is 2.41. The molecule has 0 radical (unpaired) electrons. The van der Waals surface area contributed by atoms with Crippen molar-refractivity contribution in [2.75, 3.05) is 19.0 Å². The third kappa shape index (κ3) is 4.84. The van der Waals surface area contributed by atoms with Gasteiger partial charge in [0.25, 0.3) is 0 Å². The molecule has 5 heteroatoms. The Morgan fingerprint density at radius 3 is 2.42 bits per heavy atom. The van der Waals surface area contributed by atoms with Crippen LogP contribution in [0.5, 0.6) is 0 Å². The highest BCUT2D eigenvalue weighted by Crippen LogP contribution is 2.16. The molecule has 5 nitrogen and oxygen atoms in total. The number of carbonyl (C=O) groups excluding carboxylic acids is 1. The number of rotatable bonds is 7. The zero-order chi connectivity index (χ0) is 17.5. The SMILES string of the molecule is CN(C)c1cccc(CCC(=O)N[C@H](C(=O)O)c2ccccc2)c1. The largest absolute Gasteiger partial charge is 0.479 e. The van der Waals surface area contributed by atoms with Crippen LogP contribution in [-0.4, -0.2) is 31.1 Å². The van der Waals surface area contributed by atoms with Crippen molar-refractivity contribution >= 4 is 17.6 Å². The van der Waals surface area contributed by atoms with Crippen LogP contribution in [0.4, 0.5) is 5.69 Å². The average molecular weight is 326 g/mol.